The summed E-state index contributed by atoms with van der Waals surface area (Å²) in [5.74, 6) is 0. The number of likely N-dealkylation sites (N-methyl/N-ethyl adjacent to an activating group) is 1. The van der Waals surface area contributed by atoms with E-state index in [1.807, 2.05) is 0 Å². The molecule has 0 aromatic carbocycles. The topological polar surface area (TPSA) is 248 Å². The van der Waals surface area contributed by atoms with Crippen molar-refractivity contribution >= 4 is 0 Å². The van der Waals surface area contributed by atoms with E-state index < -0.39 is 91.2 Å². The Hall–Kier alpha value is -0.560. The normalized spacial score (nSPS) is 53.5. The van der Waals surface area contributed by atoms with E-state index in [1.54, 1.807) is 7.05 Å². The molecular formula is C20H40N4O10. The van der Waals surface area contributed by atoms with Crippen LogP contribution in [0.25, 0.3) is 0 Å². The van der Waals surface area contributed by atoms with Gasteiger partial charge < -0.3 is 72.1 Å². The van der Waals surface area contributed by atoms with Crippen molar-refractivity contribution in [2.75, 3.05) is 13.7 Å². The molecule has 3 rings (SSSR count). The molecule has 3 unspecified atom stereocenters. The van der Waals surface area contributed by atoms with Crippen LogP contribution in [0.1, 0.15) is 20.3 Å². The summed E-state index contributed by atoms with van der Waals surface area (Å²) in [6, 6.07) is -3.47. The van der Waals surface area contributed by atoms with Gasteiger partial charge in [0.1, 0.15) is 48.3 Å². The van der Waals surface area contributed by atoms with E-state index in [9.17, 15) is 30.6 Å². The highest BCUT2D eigenvalue weighted by Gasteiger charge is 2.52. The van der Waals surface area contributed by atoms with E-state index in [4.69, 9.17) is 36.1 Å². The van der Waals surface area contributed by atoms with Crippen LogP contribution in [0.5, 0.6) is 0 Å². The molecule has 1 aliphatic carbocycles. The first-order valence-electron chi connectivity index (χ1n) is 11.4. The number of ether oxygens (including phenoxy) is 4. The molecule has 13 N–H and O–H groups in total. The summed E-state index contributed by atoms with van der Waals surface area (Å²) in [5.41, 5.74) is 17.0. The second-order valence-corrected chi connectivity index (χ2v) is 9.82. The van der Waals surface area contributed by atoms with Crippen LogP contribution >= 0.6 is 0 Å². The fourth-order valence-electron chi connectivity index (χ4n) is 4.95. The zero-order valence-electron chi connectivity index (χ0n) is 19.5. The van der Waals surface area contributed by atoms with Crippen molar-refractivity contribution in [3.63, 3.8) is 0 Å². The van der Waals surface area contributed by atoms with E-state index in [0.29, 0.717) is 0 Å². The summed E-state index contributed by atoms with van der Waals surface area (Å²) in [6.07, 6.45) is -12.4. The zero-order valence-corrected chi connectivity index (χ0v) is 19.5. The van der Waals surface area contributed by atoms with Crippen molar-refractivity contribution in [1.29, 1.82) is 0 Å². The van der Waals surface area contributed by atoms with Crippen LogP contribution in [0.15, 0.2) is 0 Å². The third-order valence-electron chi connectivity index (χ3n) is 6.95. The highest BCUT2D eigenvalue weighted by atomic mass is 16.7. The Kier molecular flexibility index (Phi) is 8.92. The molecule has 0 amide bonds. The minimum Gasteiger partial charge on any atom is -0.391 e. The molecule has 3 aliphatic rings. The van der Waals surface area contributed by atoms with Gasteiger partial charge in [-0.25, -0.2) is 0 Å². The second kappa shape index (κ2) is 10.8. The number of rotatable bonds is 6. The average Bonchev–Trinajstić information content (AvgIpc) is 2.75. The molecular weight excluding hydrogens is 456 g/mol. The van der Waals surface area contributed by atoms with Crippen molar-refractivity contribution in [2.45, 2.75) is 111 Å². The Labute approximate surface area is 197 Å². The molecule has 2 heterocycles. The van der Waals surface area contributed by atoms with Gasteiger partial charge in [-0.1, -0.05) is 0 Å². The summed E-state index contributed by atoms with van der Waals surface area (Å²) >= 11 is 0. The maximum Gasteiger partial charge on any atom is 0.185 e. The van der Waals surface area contributed by atoms with Crippen LogP contribution in [-0.4, -0.2) is 135 Å². The van der Waals surface area contributed by atoms with Crippen LogP contribution in [0.4, 0.5) is 0 Å². The standard InChI is InChI=1S/C20H40N4O10/c1-6(25)14-11(27)10(26)9(23)18(32-14)33-15-7(21)4-8(22)16(12(15)28)34-19-13(29)17(24-3)20(2,30)5-31-19/h6-19,24-30H,4-5,21-23H2,1-3H3/t6?,7-,8+,9-,10-,11+,12-,13+,14-,15?,16-,17+,18-,19?,20-/m1/s1. The largest absolute Gasteiger partial charge is 0.391 e. The number of nitrogens with two attached hydrogens (primary N) is 3. The maximum absolute atomic E-state index is 11.1. The lowest BCUT2D eigenvalue weighted by Gasteiger charge is -2.49. The van der Waals surface area contributed by atoms with Gasteiger partial charge in [-0.3, -0.25) is 0 Å². The number of aliphatic hydroxyl groups is 6. The molecule has 0 spiro atoms. The van der Waals surface area contributed by atoms with Crippen LogP contribution in [0, 0.1) is 0 Å². The third kappa shape index (κ3) is 5.40. The Morgan fingerprint density at radius 2 is 1.50 bits per heavy atom. The van der Waals surface area contributed by atoms with Gasteiger partial charge in [0.15, 0.2) is 12.6 Å². The highest BCUT2D eigenvalue weighted by molar-refractivity contribution is 5.02. The fraction of sp³-hybridized carbons (Fsp3) is 1.00. The molecule has 0 radical (unpaired) electrons. The van der Waals surface area contributed by atoms with Gasteiger partial charge in [0, 0.05) is 12.1 Å². The number of hydrogen-bond acceptors (Lipinski definition) is 14. The van der Waals surface area contributed by atoms with Crippen molar-refractivity contribution in [1.82, 2.24) is 5.32 Å². The molecule has 2 aliphatic heterocycles. The van der Waals surface area contributed by atoms with Crippen LogP contribution in [0.2, 0.25) is 0 Å². The van der Waals surface area contributed by atoms with Gasteiger partial charge in [0.05, 0.1) is 24.8 Å². The molecule has 14 nitrogen and oxygen atoms in total. The summed E-state index contributed by atoms with van der Waals surface area (Å²) in [4.78, 5) is 0. The van der Waals surface area contributed by atoms with Gasteiger partial charge in [-0.15, -0.1) is 0 Å². The van der Waals surface area contributed by atoms with Gasteiger partial charge in [0.25, 0.3) is 0 Å². The Morgan fingerprint density at radius 1 is 0.941 bits per heavy atom. The first kappa shape index (κ1) is 28.0. The Balaban J connectivity index is 1.73. The first-order valence-corrected chi connectivity index (χ1v) is 11.4. The Morgan fingerprint density at radius 3 is 2.03 bits per heavy atom. The smallest absolute Gasteiger partial charge is 0.185 e. The molecule has 34 heavy (non-hydrogen) atoms. The molecule has 0 aromatic heterocycles. The maximum atomic E-state index is 11.1. The molecule has 15 atom stereocenters. The molecule has 3 fully saturated rings. The van der Waals surface area contributed by atoms with Crippen molar-refractivity contribution in [3.8, 4) is 0 Å². The Bertz CT molecular complexity index is 675. The lowest BCUT2D eigenvalue weighted by atomic mass is 9.84. The van der Waals surface area contributed by atoms with Crippen molar-refractivity contribution in [3.05, 3.63) is 0 Å². The van der Waals surface area contributed by atoms with Crippen LogP contribution in [0.3, 0.4) is 0 Å². The summed E-state index contributed by atoms with van der Waals surface area (Å²) in [5, 5.41) is 65.2. The quantitative estimate of drug-likeness (QED) is 0.165. The van der Waals surface area contributed by atoms with Gasteiger partial charge in [-0.2, -0.15) is 0 Å². The van der Waals surface area contributed by atoms with Gasteiger partial charge >= 0.3 is 0 Å². The summed E-state index contributed by atoms with van der Waals surface area (Å²) in [6.45, 7) is 2.75. The lowest BCUT2D eigenvalue weighted by Crippen LogP contribution is -2.69. The summed E-state index contributed by atoms with van der Waals surface area (Å²) < 4.78 is 22.8. The fourth-order valence-corrected chi connectivity index (χ4v) is 4.95. The third-order valence-corrected chi connectivity index (χ3v) is 6.95. The monoisotopic (exact) mass is 496 g/mol. The molecule has 0 aromatic rings. The summed E-state index contributed by atoms with van der Waals surface area (Å²) in [7, 11) is 1.58. The van der Waals surface area contributed by atoms with Crippen LogP contribution < -0.4 is 22.5 Å². The second-order valence-electron chi connectivity index (χ2n) is 9.82. The zero-order chi connectivity index (χ0) is 25.5. The minimum absolute atomic E-state index is 0.135. The SMILES string of the molecule is CN[C@H]1[C@H](O)C(O[C@H]2[C@H](O)C(O[C@H]3O[C@H](C(C)O)[C@@H](O)[C@H](O)[C@H]3N)[C@H](N)C[C@@H]2N)OC[C@@]1(C)O. The molecule has 0 bridgehead atoms. The average molecular weight is 497 g/mol. The number of nitrogens with one attached hydrogen (secondary N) is 1. The molecule has 2 saturated heterocycles. The predicted octanol–water partition coefficient (Wildman–Crippen LogP) is -5.61. The number of aliphatic hydroxyl groups excluding tert-OH is 5. The van der Waals surface area contributed by atoms with E-state index in [2.05, 4.69) is 5.32 Å². The van der Waals surface area contributed by atoms with Gasteiger partial charge in [-0.05, 0) is 27.3 Å². The number of hydrogen-bond donors (Lipinski definition) is 10. The molecule has 200 valence electrons. The predicted molar refractivity (Wildman–Crippen MR) is 116 cm³/mol. The highest BCUT2D eigenvalue weighted by Crippen LogP contribution is 2.32. The van der Waals surface area contributed by atoms with E-state index in [0.717, 1.165) is 0 Å². The van der Waals surface area contributed by atoms with E-state index in [-0.39, 0.29) is 13.0 Å². The molecule has 14 heteroatoms. The van der Waals surface area contributed by atoms with Crippen LogP contribution in [-0.2, 0) is 18.9 Å². The van der Waals surface area contributed by atoms with E-state index in [1.165, 1.54) is 13.8 Å². The van der Waals surface area contributed by atoms with Crippen molar-refractivity contribution < 1.29 is 49.6 Å². The van der Waals surface area contributed by atoms with E-state index >= 15 is 0 Å². The lowest BCUT2D eigenvalue weighted by molar-refractivity contribution is -0.319. The molecule has 1 saturated carbocycles. The van der Waals surface area contributed by atoms with Crippen molar-refractivity contribution in [2.24, 2.45) is 17.2 Å². The first-order chi connectivity index (χ1) is 15.8. The minimum atomic E-state index is -1.46. The van der Waals surface area contributed by atoms with Gasteiger partial charge in [0.2, 0.25) is 0 Å².